The normalized spacial score (nSPS) is 27.2. The average Bonchev–Trinajstić information content (AvgIpc) is 3.29. The second kappa shape index (κ2) is 7.93. The van der Waals surface area contributed by atoms with Gasteiger partial charge in [-0.05, 0) is 48.9 Å². The van der Waals surface area contributed by atoms with Crippen molar-refractivity contribution in [2.45, 2.75) is 57.3 Å². The molecule has 4 rings (SSSR count). The molecule has 0 spiro atoms. The highest BCUT2D eigenvalue weighted by molar-refractivity contribution is 6.14. The highest BCUT2D eigenvalue weighted by atomic mass is 19.4. The molecule has 0 unspecified atom stereocenters. The summed E-state index contributed by atoms with van der Waals surface area (Å²) in [5, 5.41) is 1.83. The number of ketones is 1. The Morgan fingerprint density at radius 2 is 1.85 bits per heavy atom. The molecule has 1 fully saturated rings. The first-order chi connectivity index (χ1) is 15.4. The zero-order valence-electron chi connectivity index (χ0n) is 18.2. The summed E-state index contributed by atoms with van der Waals surface area (Å²) in [6, 6.07) is 3.88. The van der Waals surface area contributed by atoms with Gasteiger partial charge in [-0.25, -0.2) is 4.39 Å². The molecule has 33 heavy (non-hydrogen) atoms. The van der Waals surface area contributed by atoms with Crippen molar-refractivity contribution in [3.63, 3.8) is 0 Å². The van der Waals surface area contributed by atoms with Crippen LogP contribution in [0.3, 0.4) is 0 Å². The molecule has 3 aliphatic rings. The number of amides is 2. The molecule has 10 heteroatoms. The Labute approximate surface area is 187 Å². The smallest absolute Gasteiger partial charge is 0.376 e. The molecule has 2 aliphatic heterocycles. The number of nitrogens with one attached hydrogen (secondary N) is 1. The molecule has 1 N–H and O–H groups in total. The number of hydrogen-bond donors (Lipinski definition) is 1. The summed E-state index contributed by atoms with van der Waals surface area (Å²) in [6.45, 7) is 3.79. The van der Waals surface area contributed by atoms with Gasteiger partial charge in [0.2, 0.25) is 5.54 Å². The molecule has 0 radical (unpaired) electrons. The molecule has 178 valence electrons. The zero-order chi connectivity index (χ0) is 24.2. The van der Waals surface area contributed by atoms with Crippen LogP contribution in [0.15, 0.2) is 35.5 Å². The lowest BCUT2D eigenvalue weighted by Gasteiger charge is -2.35. The summed E-state index contributed by atoms with van der Waals surface area (Å²) in [4.78, 5) is 40.3. The van der Waals surface area contributed by atoms with Crippen LogP contribution >= 0.6 is 0 Å². The number of Topliss-reactive ketones (excluding diaryl/α,β-unsaturated/α-hetero) is 1. The van der Waals surface area contributed by atoms with Gasteiger partial charge < -0.3 is 15.0 Å². The molecule has 0 bridgehead atoms. The summed E-state index contributed by atoms with van der Waals surface area (Å²) in [5.41, 5.74) is -5.19. The number of carbonyl (C=O) groups is 3. The van der Waals surface area contributed by atoms with Gasteiger partial charge in [0.25, 0.3) is 11.8 Å². The quantitative estimate of drug-likeness (QED) is 0.687. The van der Waals surface area contributed by atoms with Gasteiger partial charge in [0.1, 0.15) is 5.82 Å². The van der Waals surface area contributed by atoms with Crippen molar-refractivity contribution in [3.8, 4) is 0 Å². The number of rotatable bonds is 4. The summed E-state index contributed by atoms with van der Waals surface area (Å²) in [5.74, 6) is -4.16. The highest BCUT2D eigenvalue weighted by Gasteiger charge is 2.71. The van der Waals surface area contributed by atoms with Crippen LogP contribution in [0.4, 0.5) is 17.6 Å². The van der Waals surface area contributed by atoms with E-state index in [4.69, 9.17) is 4.74 Å². The fraction of sp³-hybridized carbons (Fsp3) is 0.522. The third-order valence-electron chi connectivity index (χ3n) is 6.36. The van der Waals surface area contributed by atoms with Crippen molar-refractivity contribution in [2.75, 3.05) is 13.2 Å². The maximum Gasteiger partial charge on any atom is 0.425 e. The van der Waals surface area contributed by atoms with E-state index in [1.165, 1.54) is 0 Å². The Balaban J connectivity index is 1.83. The lowest BCUT2D eigenvalue weighted by molar-refractivity contribution is -0.191. The number of halogens is 4. The number of ether oxygens (including phenoxy) is 1. The molecule has 1 saturated heterocycles. The summed E-state index contributed by atoms with van der Waals surface area (Å²) >= 11 is 0. The van der Waals surface area contributed by atoms with Gasteiger partial charge >= 0.3 is 6.18 Å². The van der Waals surface area contributed by atoms with Gasteiger partial charge in [-0.2, -0.15) is 13.2 Å². The molecular formula is C23H24F4N2O4. The van der Waals surface area contributed by atoms with Gasteiger partial charge in [0.15, 0.2) is 5.78 Å². The number of carbonyl (C=O) groups excluding carboxylic acids is 3. The van der Waals surface area contributed by atoms with Crippen LogP contribution in [0, 0.1) is 11.2 Å². The van der Waals surface area contributed by atoms with Gasteiger partial charge in [-0.3, -0.25) is 14.4 Å². The molecular weight excluding hydrogens is 444 g/mol. The Hall–Kier alpha value is -2.75. The standard InChI is InChI=1S/C23H24F4N2O4/c1-21(2)10-16-18(17(30)11-21)22(23(25,26)27,20(32)29(16)12-15-4-3-9-33-15)28-19(31)13-5-7-14(24)8-6-13/h5-8,15H,3-4,9-12H2,1-2H3,(H,28,31)/t15-,22-/m1/s1. The maximum atomic E-state index is 14.7. The second-order valence-electron chi connectivity index (χ2n) is 9.52. The first kappa shape index (κ1) is 23.4. The first-order valence-electron chi connectivity index (χ1n) is 10.7. The molecule has 0 aromatic heterocycles. The maximum absolute atomic E-state index is 14.7. The number of allylic oxidation sites excluding steroid dienone is 1. The first-order valence-corrected chi connectivity index (χ1v) is 10.7. The van der Waals surface area contributed by atoms with Gasteiger partial charge in [-0.1, -0.05) is 13.8 Å². The van der Waals surface area contributed by atoms with Crippen LogP contribution in [0.2, 0.25) is 0 Å². The monoisotopic (exact) mass is 468 g/mol. The van der Waals surface area contributed by atoms with Crippen molar-refractivity contribution in [1.82, 2.24) is 10.2 Å². The van der Waals surface area contributed by atoms with Crippen molar-refractivity contribution in [2.24, 2.45) is 5.41 Å². The lowest BCUT2D eigenvalue weighted by Crippen LogP contribution is -2.66. The van der Waals surface area contributed by atoms with Gasteiger partial charge in [0, 0.05) is 24.3 Å². The molecule has 1 aliphatic carbocycles. The van der Waals surface area contributed by atoms with E-state index in [0.29, 0.717) is 13.0 Å². The predicted octanol–water partition coefficient (Wildman–Crippen LogP) is 3.52. The Morgan fingerprint density at radius 3 is 2.42 bits per heavy atom. The van der Waals surface area contributed by atoms with Crippen LogP contribution in [-0.4, -0.2) is 53.5 Å². The number of alkyl halides is 3. The minimum absolute atomic E-state index is 0.0199. The third-order valence-corrected chi connectivity index (χ3v) is 6.36. The van der Waals surface area contributed by atoms with Crippen molar-refractivity contribution in [1.29, 1.82) is 0 Å². The minimum atomic E-state index is -5.29. The Morgan fingerprint density at radius 1 is 1.18 bits per heavy atom. The second-order valence-corrected chi connectivity index (χ2v) is 9.52. The van der Waals surface area contributed by atoms with E-state index in [1.54, 1.807) is 13.8 Å². The third kappa shape index (κ3) is 3.94. The zero-order valence-corrected chi connectivity index (χ0v) is 18.2. The van der Waals surface area contributed by atoms with Crippen LogP contribution in [0.25, 0.3) is 0 Å². The van der Waals surface area contributed by atoms with E-state index < -0.39 is 52.2 Å². The van der Waals surface area contributed by atoms with Crippen LogP contribution in [-0.2, 0) is 14.3 Å². The average molecular weight is 468 g/mol. The fourth-order valence-electron chi connectivity index (χ4n) is 4.85. The summed E-state index contributed by atoms with van der Waals surface area (Å²) < 4.78 is 62.8. The highest BCUT2D eigenvalue weighted by Crippen LogP contribution is 2.52. The van der Waals surface area contributed by atoms with Crippen molar-refractivity contribution in [3.05, 3.63) is 46.9 Å². The van der Waals surface area contributed by atoms with E-state index in [0.717, 1.165) is 35.6 Å². The molecule has 1 aromatic carbocycles. The van der Waals surface area contributed by atoms with E-state index in [1.807, 2.05) is 5.32 Å². The lowest BCUT2D eigenvalue weighted by atomic mass is 9.72. The fourth-order valence-corrected chi connectivity index (χ4v) is 4.85. The predicted molar refractivity (Wildman–Crippen MR) is 108 cm³/mol. The van der Waals surface area contributed by atoms with Crippen LogP contribution in [0.1, 0.15) is 49.9 Å². The number of benzene rings is 1. The van der Waals surface area contributed by atoms with Crippen LogP contribution < -0.4 is 5.32 Å². The van der Waals surface area contributed by atoms with Gasteiger partial charge in [-0.15, -0.1) is 0 Å². The van der Waals surface area contributed by atoms with Crippen molar-refractivity contribution < 1.29 is 36.7 Å². The summed E-state index contributed by atoms with van der Waals surface area (Å²) in [7, 11) is 0. The molecule has 1 aromatic rings. The molecule has 0 saturated carbocycles. The Bertz CT molecular complexity index is 1030. The van der Waals surface area contributed by atoms with E-state index in [9.17, 15) is 31.9 Å². The van der Waals surface area contributed by atoms with E-state index in [2.05, 4.69) is 0 Å². The molecule has 2 amide bonds. The topological polar surface area (TPSA) is 75.7 Å². The number of hydrogen-bond acceptors (Lipinski definition) is 4. The summed E-state index contributed by atoms with van der Waals surface area (Å²) in [6.07, 6.45) is -4.59. The van der Waals surface area contributed by atoms with E-state index in [-0.39, 0.29) is 30.6 Å². The van der Waals surface area contributed by atoms with Crippen LogP contribution in [0.5, 0.6) is 0 Å². The van der Waals surface area contributed by atoms with Crippen molar-refractivity contribution >= 4 is 17.6 Å². The largest absolute Gasteiger partial charge is 0.425 e. The molecule has 2 atom stereocenters. The van der Waals surface area contributed by atoms with Gasteiger partial charge in [0.05, 0.1) is 18.2 Å². The SMILES string of the molecule is CC1(C)CC(=O)C2=C(C1)N(C[C@H]1CCCO1)C(=O)[C@@]2(NC(=O)c1ccc(F)cc1)C(F)(F)F. The molecule has 6 nitrogen and oxygen atoms in total. The Kier molecular flexibility index (Phi) is 5.63. The van der Waals surface area contributed by atoms with E-state index >= 15 is 0 Å². The minimum Gasteiger partial charge on any atom is -0.376 e. The molecule has 2 heterocycles. The number of nitrogens with zero attached hydrogens (tertiary/aromatic N) is 1.